The average Bonchev–Trinajstić information content (AvgIpc) is 2.37. The van der Waals surface area contributed by atoms with Crippen molar-refractivity contribution in [2.24, 2.45) is 11.8 Å². The van der Waals surface area contributed by atoms with E-state index < -0.39 is 0 Å². The zero-order chi connectivity index (χ0) is 12.8. The Morgan fingerprint density at radius 1 is 1.28 bits per heavy atom. The highest BCUT2D eigenvalue weighted by atomic mass is 19.1. The van der Waals surface area contributed by atoms with E-state index in [1.165, 1.54) is 38.2 Å². The summed E-state index contributed by atoms with van der Waals surface area (Å²) in [5.41, 5.74) is 0.773. The standard InChI is InChI=1S/C16H24FN/c1-13-5-4-6-14(11-13)9-10-18-12-15-7-2-3-8-16(15)17/h2-3,7-8,13-14,18H,4-6,9-12H2,1H3. The van der Waals surface area contributed by atoms with Gasteiger partial charge >= 0.3 is 0 Å². The molecule has 1 saturated carbocycles. The molecule has 18 heavy (non-hydrogen) atoms. The Labute approximate surface area is 110 Å². The molecule has 1 aliphatic carbocycles. The van der Waals surface area contributed by atoms with Gasteiger partial charge in [0.15, 0.2) is 0 Å². The van der Waals surface area contributed by atoms with Gasteiger partial charge in [0, 0.05) is 12.1 Å². The predicted molar refractivity (Wildman–Crippen MR) is 73.8 cm³/mol. The van der Waals surface area contributed by atoms with Crippen LogP contribution in [0.5, 0.6) is 0 Å². The van der Waals surface area contributed by atoms with Gasteiger partial charge in [-0.25, -0.2) is 4.39 Å². The first-order valence-electron chi connectivity index (χ1n) is 7.20. The highest BCUT2D eigenvalue weighted by Gasteiger charge is 2.18. The minimum atomic E-state index is -0.101. The van der Waals surface area contributed by atoms with E-state index >= 15 is 0 Å². The largest absolute Gasteiger partial charge is 0.313 e. The monoisotopic (exact) mass is 249 g/mol. The van der Waals surface area contributed by atoms with Crippen LogP contribution in [0.15, 0.2) is 24.3 Å². The minimum Gasteiger partial charge on any atom is -0.313 e. The van der Waals surface area contributed by atoms with Gasteiger partial charge in [-0.3, -0.25) is 0 Å². The van der Waals surface area contributed by atoms with E-state index in [1.54, 1.807) is 6.07 Å². The van der Waals surface area contributed by atoms with Crippen LogP contribution >= 0.6 is 0 Å². The van der Waals surface area contributed by atoms with Crippen LogP contribution in [-0.4, -0.2) is 6.54 Å². The Balaban J connectivity index is 1.65. The quantitative estimate of drug-likeness (QED) is 0.774. The molecule has 1 nitrogen and oxygen atoms in total. The Kier molecular flexibility index (Phi) is 5.18. The van der Waals surface area contributed by atoms with Crippen molar-refractivity contribution in [1.82, 2.24) is 5.32 Å². The Bertz CT molecular complexity index is 364. The summed E-state index contributed by atoms with van der Waals surface area (Å²) in [6.07, 6.45) is 6.78. The number of rotatable bonds is 5. The average molecular weight is 249 g/mol. The molecule has 0 radical (unpaired) electrons. The second-order valence-corrected chi connectivity index (χ2v) is 5.69. The minimum absolute atomic E-state index is 0.101. The number of halogens is 1. The van der Waals surface area contributed by atoms with Crippen LogP contribution in [0.3, 0.4) is 0 Å². The lowest BCUT2D eigenvalue weighted by atomic mass is 9.81. The first kappa shape index (κ1) is 13.5. The van der Waals surface area contributed by atoms with Crippen molar-refractivity contribution >= 4 is 0 Å². The third-order valence-electron chi connectivity index (χ3n) is 4.05. The normalized spacial score (nSPS) is 24.1. The maximum atomic E-state index is 13.4. The molecule has 0 amide bonds. The van der Waals surface area contributed by atoms with Gasteiger partial charge < -0.3 is 5.32 Å². The third kappa shape index (κ3) is 4.09. The molecule has 0 heterocycles. The molecule has 2 rings (SSSR count). The summed E-state index contributed by atoms with van der Waals surface area (Å²) in [6.45, 7) is 4.01. The summed E-state index contributed by atoms with van der Waals surface area (Å²) in [6, 6.07) is 7.01. The Morgan fingerprint density at radius 2 is 2.11 bits per heavy atom. The smallest absolute Gasteiger partial charge is 0.127 e. The van der Waals surface area contributed by atoms with Gasteiger partial charge in [0.25, 0.3) is 0 Å². The van der Waals surface area contributed by atoms with E-state index in [0.29, 0.717) is 6.54 Å². The molecule has 0 aliphatic heterocycles. The predicted octanol–water partition coefficient (Wildman–Crippen LogP) is 4.13. The van der Waals surface area contributed by atoms with Crippen LogP contribution in [-0.2, 0) is 6.54 Å². The van der Waals surface area contributed by atoms with Crippen LogP contribution in [0.4, 0.5) is 4.39 Å². The van der Waals surface area contributed by atoms with Gasteiger partial charge in [0.1, 0.15) is 5.82 Å². The lowest BCUT2D eigenvalue weighted by Gasteiger charge is -2.26. The van der Waals surface area contributed by atoms with Crippen LogP contribution in [0.1, 0.15) is 44.6 Å². The summed E-state index contributed by atoms with van der Waals surface area (Å²) in [4.78, 5) is 0. The second-order valence-electron chi connectivity index (χ2n) is 5.69. The zero-order valence-electron chi connectivity index (χ0n) is 11.3. The lowest BCUT2D eigenvalue weighted by molar-refractivity contribution is 0.267. The van der Waals surface area contributed by atoms with Crippen molar-refractivity contribution in [1.29, 1.82) is 0 Å². The summed E-state index contributed by atoms with van der Waals surface area (Å²) < 4.78 is 13.4. The van der Waals surface area contributed by atoms with E-state index in [0.717, 1.165) is 23.9 Å². The fourth-order valence-corrected chi connectivity index (χ4v) is 2.99. The summed E-state index contributed by atoms with van der Waals surface area (Å²) in [5, 5.41) is 3.36. The molecule has 0 saturated heterocycles. The number of benzene rings is 1. The fraction of sp³-hybridized carbons (Fsp3) is 0.625. The molecular weight excluding hydrogens is 225 g/mol. The summed E-state index contributed by atoms with van der Waals surface area (Å²) in [7, 11) is 0. The van der Waals surface area contributed by atoms with Gasteiger partial charge in [0.05, 0.1) is 0 Å². The lowest BCUT2D eigenvalue weighted by Crippen LogP contribution is -2.21. The maximum Gasteiger partial charge on any atom is 0.127 e. The van der Waals surface area contributed by atoms with Gasteiger partial charge in [-0.15, -0.1) is 0 Å². The molecule has 0 aromatic heterocycles. The van der Waals surface area contributed by atoms with E-state index in [2.05, 4.69) is 12.2 Å². The molecule has 1 N–H and O–H groups in total. The molecule has 2 unspecified atom stereocenters. The molecule has 1 fully saturated rings. The number of nitrogens with one attached hydrogen (secondary N) is 1. The van der Waals surface area contributed by atoms with Gasteiger partial charge in [-0.05, 0) is 37.3 Å². The van der Waals surface area contributed by atoms with Gasteiger partial charge in [-0.2, -0.15) is 0 Å². The van der Waals surface area contributed by atoms with Crippen molar-refractivity contribution in [3.8, 4) is 0 Å². The van der Waals surface area contributed by atoms with Crippen molar-refractivity contribution in [3.05, 3.63) is 35.6 Å². The summed E-state index contributed by atoms with van der Waals surface area (Å²) in [5.74, 6) is 1.67. The number of hydrogen-bond donors (Lipinski definition) is 1. The molecule has 1 aromatic carbocycles. The van der Waals surface area contributed by atoms with Crippen LogP contribution < -0.4 is 5.32 Å². The molecule has 1 aliphatic rings. The number of hydrogen-bond acceptors (Lipinski definition) is 1. The molecule has 1 aromatic rings. The molecular formula is C16H24FN. The first-order valence-corrected chi connectivity index (χ1v) is 7.20. The van der Waals surface area contributed by atoms with E-state index in [-0.39, 0.29) is 5.82 Å². The second kappa shape index (κ2) is 6.89. The Hall–Kier alpha value is -0.890. The molecule has 0 spiro atoms. The molecule has 100 valence electrons. The molecule has 2 atom stereocenters. The molecule has 2 heteroatoms. The van der Waals surface area contributed by atoms with E-state index in [1.807, 2.05) is 12.1 Å². The SMILES string of the molecule is CC1CCCC(CCNCc2ccccc2F)C1. The fourth-order valence-electron chi connectivity index (χ4n) is 2.99. The van der Waals surface area contributed by atoms with Crippen LogP contribution in [0.25, 0.3) is 0 Å². The van der Waals surface area contributed by atoms with E-state index in [4.69, 9.17) is 0 Å². The third-order valence-corrected chi connectivity index (χ3v) is 4.05. The van der Waals surface area contributed by atoms with Crippen molar-refractivity contribution in [2.45, 2.75) is 45.6 Å². The molecule has 0 bridgehead atoms. The first-order chi connectivity index (χ1) is 8.75. The zero-order valence-corrected chi connectivity index (χ0v) is 11.3. The summed E-state index contributed by atoms with van der Waals surface area (Å²) >= 11 is 0. The van der Waals surface area contributed by atoms with Crippen molar-refractivity contribution in [2.75, 3.05) is 6.54 Å². The van der Waals surface area contributed by atoms with E-state index in [9.17, 15) is 4.39 Å². The van der Waals surface area contributed by atoms with Crippen LogP contribution in [0, 0.1) is 17.7 Å². The maximum absolute atomic E-state index is 13.4. The highest BCUT2D eigenvalue weighted by molar-refractivity contribution is 5.16. The Morgan fingerprint density at radius 3 is 2.89 bits per heavy atom. The topological polar surface area (TPSA) is 12.0 Å². The van der Waals surface area contributed by atoms with Gasteiger partial charge in [0.2, 0.25) is 0 Å². The highest BCUT2D eigenvalue weighted by Crippen LogP contribution is 2.30. The van der Waals surface area contributed by atoms with Crippen molar-refractivity contribution in [3.63, 3.8) is 0 Å². The van der Waals surface area contributed by atoms with Crippen LogP contribution in [0.2, 0.25) is 0 Å². The van der Waals surface area contributed by atoms with Gasteiger partial charge in [-0.1, -0.05) is 44.4 Å². The van der Waals surface area contributed by atoms with Crippen molar-refractivity contribution < 1.29 is 4.39 Å².